The molecule has 112 valence electrons. The number of halogens is 4. The van der Waals surface area contributed by atoms with Crippen LogP contribution in [0.25, 0.3) is 0 Å². The zero-order valence-electron chi connectivity index (χ0n) is 10.5. The molecular formula is C14H10Cl2F2O3. The second-order valence-corrected chi connectivity index (χ2v) is 5.45. The van der Waals surface area contributed by atoms with Crippen molar-refractivity contribution in [2.45, 2.75) is 17.9 Å². The van der Waals surface area contributed by atoms with Gasteiger partial charge in [0.15, 0.2) is 0 Å². The summed E-state index contributed by atoms with van der Waals surface area (Å²) in [5, 5.41) is 19.4. The van der Waals surface area contributed by atoms with Crippen molar-refractivity contribution in [3.8, 4) is 0 Å². The van der Waals surface area contributed by atoms with E-state index in [0.717, 1.165) is 12.2 Å². The zero-order chi connectivity index (χ0) is 15.8. The second kappa shape index (κ2) is 5.40. The van der Waals surface area contributed by atoms with E-state index in [1.807, 2.05) is 0 Å². The molecule has 0 radical (unpaired) electrons. The van der Waals surface area contributed by atoms with Gasteiger partial charge in [0, 0.05) is 11.4 Å². The third kappa shape index (κ3) is 2.81. The summed E-state index contributed by atoms with van der Waals surface area (Å²) in [5.41, 5.74) is -2.98. The Hall–Kier alpha value is -1.43. The number of carbonyl (C=O) groups is 1. The molecule has 0 saturated heterocycles. The van der Waals surface area contributed by atoms with Gasteiger partial charge in [0.1, 0.15) is 0 Å². The SMILES string of the molecule is O=C(O)C(O)(C1=CC=C(Cl)C(F)(F)C1)c1ccc(Cl)cc1. The summed E-state index contributed by atoms with van der Waals surface area (Å²) < 4.78 is 27.3. The van der Waals surface area contributed by atoms with Gasteiger partial charge in [-0.05, 0) is 29.3 Å². The summed E-state index contributed by atoms with van der Waals surface area (Å²) in [6.45, 7) is 0. The lowest BCUT2D eigenvalue weighted by molar-refractivity contribution is -0.156. The molecule has 2 rings (SSSR count). The van der Waals surface area contributed by atoms with Crippen molar-refractivity contribution in [1.29, 1.82) is 0 Å². The fraction of sp³-hybridized carbons (Fsp3) is 0.214. The Kier molecular flexibility index (Phi) is 4.10. The van der Waals surface area contributed by atoms with Gasteiger partial charge in [-0.2, -0.15) is 8.78 Å². The Morgan fingerprint density at radius 3 is 2.24 bits per heavy atom. The number of carboxylic acids is 1. The van der Waals surface area contributed by atoms with Gasteiger partial charge in [0.05, 0.1) is 5.03 Å². The third-order valence-corrected chi connectivity index (χ3v) is 3.88. The Morgan fingerprint density at radius 1 is 1.19 bits per heavy atom. The number of aliphatic carboxylic acids is 1. The first kappa shape index (κ1) is 15.9. The minimum absolute atomic E-state index is 0.0622. The smallest absolute Gasteiger partial charge is 0.344 e. The quantitative estimate of drug-likeness (QED) is 0.886. The van der Waals surface area contributed by atoms with Crippen molar-refractivity contribution in [2.75, 3.05) is 0 Å². The van der Waals surface area contributed by atoms with E-state index >= 15 is 0 Å². The molecule has 1 aliphatic carbocycles. The number of hydrogen-bond acceptors (Lipinski definition) is 2. The van der Waals surface area contributed by atoms with Crippen LogP contribution in [0.15, 0.2) is 47.0 Å². The van der Waals surface area contributed by atoms with E-state index in [2.05, 4.69) is 0 Å². The Balaban J connectivity index is 2.54. The standard InChI is InChI=1S/C14H10Cl2F2O3/c15-10-4-1-8(2-5-10)14(21,12(19)20)9-3-6-11(16)13(17,18)7-9/h1-6,21H,7H2,(H,19,20). The molecule has 1 aromatic rings. The molecule has 1 aromatic carbocycles. The lowest BCUT2D eigenvalue weighted by atomic mass is 9.81. The Bertz CT molecular complexity index is 638. The number of aliphatic hydroxyl groups is 1. The fourth-order valence-electron chi connectivity index (χ4n) is 2.06. The molecular weight excluding hydrogens is 325 g/mol. The van der Waals surface area contributed by atoms with E-state index in [9.17, 15) is 23.8 Å². The second-order valence-electron chi connectivity index (χ2n) is 4.61. The van der Waals surface area contributed by atoms with Gasteiger partial charge < -0.3 is 10.2 Å². The van der Waals surface area contributed by atoms with Gasteiger partial charge in [-0.3, -0.25) is 0 Å². The highest BCUT2D eigenvalue weighted by molar-refractivity contribution is 6.31. The molecule has 0 amide bonds. The molecule has 0 saturated carbocycles. The van der Waals surface area contributed by atoms with E-state index in [0.29, 0.717) is 5.02 Å². The average molecular weight is 335 g/mol. The molecule has 0 fully saturated rings. The molecule has 21 heavy (non-hydrogen) atoms. The monoisotopic (exact) mass is 334 g/mol. The summed E-state index contributed by atoms with van der Waals surface area (Å²) in [6.07, 6.45) is 1.01. The summed E-state index contributed by atoms with van der Waals surface area (Å²) >= 11 is 11.1. The van der Waals surface area contributed by atoms with Crippen LogP contribution in [-0.4, -0.2) is 22.1 Å². The predicted octanol–water partition coefficient (Wildman–Crippen LogP) is 3.70. The number of carboxylic acid groups (broad SMARTS) is 1. The number of alkyl halides is 2. The van der Waals surface area contributed by atoms with Gasteiger partial charge in [-0.25, -0.2) is 4.79 Å². The van der Waals surface area contributed by atoms with Crippen molar-refractivity contribution in [3.05, 3.63) is 57.6 Å². The molecule has 1 atom stereocenters. The molecule has 1 unspecified atom stereocenters. The van der Waals surface area contributed by atoms with Crippen LogP contribution in [0.3, 0.4) is 0 Å². The molecule has 3 nitrogen and oxygen atoms in total. The molecule has 0 bridgehead atoms. The minimum atomic E-state index is -3.42. The molecule has 0 aliphatic heterocycles. The summed E-state index contributed by atoms with van der Waals surface area (Å²) in [5.74, 6) is -5.07. The van der Waals surface area contributed by atoms with Crippen LogP contribution in [0.2, 0.25) is 5.02 Å². The van der Waals surface area contributed by atoms with E-state index in [1.165, 1.54) is 24.3 Å². The number of benzene rings is 1. The topological polar surface area (TPSA) is 57.5 Å². The zero-order valence-corrected chi connectivity index (χ0v) is 12.0. The third-order valence-electron chi connectivity index (χ3n) is 3.23. The van der Waals surface area contributed by atoms with Gasteiger partial charge in [0.2, 0.25) is 5.60 Å². The fourth-order valence-corrected chi connectivity index (χ4v) is 2.32. The van der Waals surface area contributed by atoms with E-state index in [4.69, 9.17) is 23.2 Å². The molecule has 1 aliphatic rings. The molecule has 7 heteroatoms. The lowest BCUT2D eigenvalue weighted by Crippen LogP contribution is -2.40. The molecule has 0 heterocycles. The highest BCUT2D eigenvalue weighted by Gasteiger charge is 2.48. The van der Waals surface area contributed by atoms with Crippen LogP contribution < -0.4 is 0 Å². The van der Waals surface area contributed by atoms with Crippen LogP contribution in [0.1, 0.15) is 12.0 Å². The van der Waals surface area contributed by atoms with Crippen molar-refractivity contribution in [1.82, 2.24) is 0 Å². The highest BCUT2D eigenvalue weighted by atomic mass is 35.5. The van der Waals surface area contributed by atoms with E-state index in [1.54, 1.807) is 0 Å². The van der Waals surface area contributed by atoms with Crippen LogP contribution in [-0.2, 0) is 10.4 Å². The van der Waals surface area contributed by atoms with Gasteiger partial charge in [-0.1, -0.05) is 41.4 Å². The van der Waals surface area contributed by atoms with Crippen LogP contribution in [0, 0.1) is 0 Å². The molecule has 0 spiro atoms. The maximum absolute atomic E-state index is 13.7. The van der Waals surface area contributed by atoms with Crippen LogP contribution in [0.4, 0.5) is 8.78 Å². The van der Waals surface area contributed by atoms with Crippen LogP contribution >= 0.6 is 23.2 Å². The summed E-state index contributed by atoms with van der Waals surface area (Å²) in [7, 11) is 0. The number of hydrogen-bond donors (Lipinski definition) is 2. The lowest BCUT2D eigenvalue weighted by Gasteiger charge is -2.31. The van der Waals surface area contributed by atoms with Crippen molar-refractivity contribution in [2.24, 2.45) is 0 Å². The average Bonchev–Trinajstić information content (AvgIpc) is 2.41. The molecule has 0 aromatic heterocycles. The van der Waals surface area contributed by atoms with E-state index < -0.39 is 28.9 Å². The predicted molar refractivity (Wildman–Crippen MR) is 74.6 cm³/mol. The number of allylic oxidation sites excluding steroid dienone is 3. The largest absolute Gasteiger partial charge is 0.479 e. The first-order chi connectivity index (χ1) is 9.68. The van der Waals surface area contributed by atoms with Crippen molar-refractivity contribution in [3.63, 3.8) is 0 Å². The number of rotatable bonds is 3. The maximum Gasteiger partial charge on any atom is 0.344 e. The van der Waals surface area contributed by atoms with Crippen molar-refractivity contribution >= 4 is 29.2 Å². The molecule has 2 N–H and O–H groups in total. The van der Waals surface area contributed by atoms with Crippen LogP contribution in [0.5, 0.6) is 0 Å². The summed E-state index contributed by atoms with van der Waals surface area (Å²) in [4.78, 5) is 11.5. The van der Waals surface area contributed by atoms with E-state index in [-0.39, 0.29) is 11.1 Å². The highest BCUT2D eigenvalue weighted by Crippen LogP contribution is 2.43. The minimum Gasteiger partial charge on any atom is -0.479 e. The first-order valence-corrected chi connectivity index (χ1v) is 6.60. The maximum atomic E-state index is 13.7. The normalized spacial score (nSPS) is 20.2. The van der Waals surface area contributed by atoms with Gasteiger partial charge >= 0.3 is 5.97 Å². The summed E-state index contributed by atoms with van der Waals surface area (Å²) in [6, 6.07) is 5.29. The van der Waals surface area contributed by atoms with Gasteiger partial charge in [0.25, 0.3) is 5.92 Å². The van der Waals surface area contributed by atoms with Crippen molar-refractivity contribution < 1.29 is 23.8 Å². The Labute approximate surface area is 129 Å². The van der Waals surface area contributed by atoms with Gasteiger partial charge in [-0.15, -0.1) is 0 Å². The first-order valence-electron chi connectivity index (χ1n) is 5.85. The Morgan fingerprint density at radius 2 is 1.76 bits per heavy atom.